The number of unbranched alkanes of at least 4 members (excludes halogenated alkanes) is 1. The van der Waals surface area contributed by atoms with Gasteiger partial charge >= 0.3 is 12.0 Å². The second kappa shape index (κ2) is 22.9. The van der Waals surface area contributed by atoms with E-state index in [4.69, 9.17) is 27.1 Å². The molecule has 0 aliphatic carbocycles. The van der Waals surface area contributed by atoms with E-state index in [0.29, 0.717) is 55.7 Å². The molecule has 400 valence electrons. The number of fused-ring (bicyclic) bond motifs is 4. The summed E-state index contributed by atoms with van der Waals surface area (Å²) in [6, 6.07) is 10.6. The Kier molecular flexibility index (Phi) is 16.5. The predicted molar refractivity (Wildman–Crippen MR) is 292 cm³/mol. The van der Waals surface area contributed by atoms with E-state index < -0.39 is 47.2 Å². The Bertz CT molecular complexity index is 3050. The molecule has 3 saturated heterocycles. The second-order valence-electron chi connectivity index (χ2n) is 21.2. The fourth-order valence-corrected chi connectivity index (χ4v) is 12.4. The number of thiazole rings is 2. The topological polar surface area (TPSA) is 204 Å². The van der Waals surface area contributed by atoms with Crippen molar-refractivity contribution in [1.29, 1.82) is 0 Å². The number of piperazine rings is 1. The Morgan fingerprint density at radius 3 is 2.47 bits per heavy atom. The highest BCUT2D eigenvalue weighted by Crippen LogP contribution is 2.43. The Morgan fingerprint density at radius 1 is 1.03 bits per heavy atom. The molecule has 6 heterocycles. The van der Waals surface area contributed by atoms with Crippen molar-refractivity contribution in [3.05, 3.63) is 75.9 Å². The summed E-state index contributed by atoms with van der Waals surface area (Å²) in [5.74, 6) is -1.60. The van der Waals surface area contributed by atoms with Gasteiger partial charge in [-0.15, -0.1) is 11.3 Å². The molecule has 3 aromatic carbocycles. The first-order valence-corrected chi connectivity index (χ1v) is 28.0. The average Bonchev–Trinajstić information content (AvgIpc) is 4.20. The molecule has 3 fully saturated rings. The molecule has 2 unspecified atom stereocenters. The summed E-state index contributed by atoms with van der Waals surface area (Å²) in [4.78, 5) is 66.7. The van der Waals surface area contributed by atoms with Crippen LogP contribution in [-0.2, 0) is 9.59 Å². The number of amides is 4. The van der Waals surface area contributed by atoms with Crippen LogP contribution in [0.5, 0.6) is 6.01 Å². The van der Waals surface area contributed by atoms with Crippen LogP contribution in [0.15, 0.2) is 48.0 Å². The lowest BCUT2D eigenvalue weighted by Crippen LogP contribution is -2.59. The predicted octanol–water partition coefficient (Wildman–Crippen LogP) is 9.41. The van der Waals surface area contributed by atoms with E-state index in [1.165, 1.54) is 12.1 Å². The summed E-state index contributed by atoms with van der Waals surface area (Å²) >= 11 is 9.45. The molecule has 6 atom stereocenters. The highest BCUT2D eigenvalue weighted by atomic mass is 35.5. The lowest BCUT2D eigenvalue weighted by Gasteiger charge is -2.35. The highest BCUT2D eigenvalue weighted by molar-refractivity contribution is 7.22. The Morgan fingerprint density at radius 2 is 1.77 bits per heavy atom. The van der Waals surface area contributed by atoms with Gasteiger partial charge in [-0.1, -0.05) is 74.9 Å². The largest absolute Gasteiger partial charge is 0.462 e. The zero-order valence-corrected chi connectivity index (χ0v) is 45.6. The number of likely N-dealkylation sites (tertiary alicyclic amines) is 1. The number of ether oxygens (including phenoxy) is 1. The maximum absolute atomic E-state index is 17.1. The van der Waals surface area contributed by atoms with E-state index in [-0.39, 0.29) is 81.1 Å². The van der Waals surface area contributed by atoms with Gasteiger partial charge in [0.15, 0.2) is 10.9 Å². The number of imide groups is 1. The normalized spacial score (nSPS) is 19.1. The summed E-state index contributed by atoms with van der Waals surface area (Å²) in [5, 5.41) is 21.0. The number of hydrogen-bond donors (Lipinski definition) is 5. The zero-order valence-electron chi connectivity index (χ0n) is 43.2. The van der Waals surface area contributed by atoms with E-state index in [1.807, 2.05) is 58.9 Å². The third-order valence-corrected chi connectivity index (χ3v) is 16.9. The second-order valence-corrected chi connectivity index (χ2v) is 23.5. The standard InChI is InChI=1S/C54H66ClF2N11O5S2/c1-7-36(69)26-68(53(72)60-29(2)31-13-15-32(16-14-31)46-30(3)59-28-74-46)50(71)48(54(4,5)6)62-41(70)12-8-9-21-66-22-10-11-35(66)27-73-52-64-44-38(49(65-52)67-24-33-17-18-34(25-67)61-33)23-39(55)42(43(44)57)37-19-20-40(56)47-45(37)63-51(58)75-47/h13-16,19-20,23,28-29,33-36,48,61,69H,7-12,17-18,21-22,24-27H2,1-6H3,(H2,58,63)(H,60,72)(H,62,70)/t29-,33?,34?,35-,36+,48+/m0/s1. The van der Waals surface area contributed by atoms with Gasteiger partial charge in [0, 0.05) is 54.1 Å². The van der Waals surface area contributed by atoms with Gasteiger partial charge in [-0.25, -0.2) is 23.5 Å². The number of nitrogens with one attached hydrogen (secondary N) is 3. The summed E-state index contributed by atoms with van der Waals surface area (Å²) in [5.41, 5.74) is 10.4. The maximum Gasteiger partial charge on any atom is 0.324 e. The van der Waals surface area contributed by atoms with Gasteiger partial charge in [-0.3, -0.25) is 19.4 Å². The summed E-state index contributed by atoms with van der Waals surface area (Å²) < 4.78 is 38.6. The number of aromatic nitrogens is 4. The quantitative estimate of drug-likeness (QED) is 0.0510. The van der Waals surface area contributed by atoms with Crippen LogP contribution >= 0.6 is 34.3 Å². The van der Waals surface area contributed by atoms with Crippen LogP contribution in [0.2, 0.25) is 5.02 Å². The van der Waals surface area contributed by atoms with E-state index in [1.54, 1.807) is 29.8 Å². The lowest BCUT2D eigenvalue weighted by atomic mass is 9.85. The molecule has 6 N–H and O–H groups in total. The number of urea groups is 1. The molecule has 0 radical (unpaired) electrons. The number of anilines is 2. The van der Waals surface area contributed by atoms with Crippen molar-refractivity contribution >= 4 is 84.2 Å². The molecule has 75 heavy (non-hydrogen) atoms. The third-order valence-electron chi connectivity index (χ3n) is 14.7. The minimum absolute atomic E-state index is 0.0125. The van der Waals surface area contributed by atoms with E-state index >= 15 is 4.39 Å². The number of benzene rings is 3. The molecule has 21 heteroatoms. The highest BCUT2D eigenvalue weighted by Gasteiger charge is 2.39. The van der Waals surface area contributed by atoms with Crippen LogP contribution in [0.4, 0.5) is 24.5 Å². The number of rotatable bonds is 18. The van der Waals surface area contributed by atoms with Crippen molar-refractivity contribution in [2.45, 2.75) is 129 Å². The third kappa shape index (κ3) is 12.0. The molecule has 0 saturated carbocycles. The van der Waals surface area contributed by atoms with Crippen molar-refractivity contribution < 1.29 is 33.0 Å². The van der Waals surface area contributed by atoms with E-state index in [2.05, 4.69) is 40.7 Å². The number of nitrogen functional groups attached to an aromatic ring is 1. The van der Waals surface area contributed by atoms with Crippen molar-refractivity contribution in [1.82, 2.24) is 45.7 Å². The molecule has 3 aliphatic heterocycles. The first kappa shape index (κ1) is 54.2. The van der Waals surface area contributed by atoms with Gasteiger partial charge in [0.25, 0.3) is 5.91 Å². The minimum atomic E-state index is -1.05. The van der Waals surface area contributed by atoms with Crippen molar-refractivity contribution in [2.24, 2.45) is 5.41 Å². The first-order chi connectivity index (χ1) is 35.9. The lowest BCUT2D eigenvalue weighted by molar-refractivity contribution is -0.138. The van der Waals surface area contributed by atoms with Gasteiger partial charge in [0.2, 0.25) is 5.91 Å². The minimum Gasteiger partial charge on any atom is -0.462 e. The molecule has 6 aromatic rings. The Hall–Kier alpha value is -5.64. The monoisotopic (exact) mass is 1090 g/mol. The van der Waals surface area contributed by atoms with Gasteiger partial charge in [0.1, 0.15) is 29.8 Å². The number of nitrogens with zero attached hydrogens (tertiary/aromatic N) is 7. The van der Waals surface area contributed by atoms with E-state index in [0.717, 1.165) is 70.2 Å². The van der Waals surface area contributed by atoms with Gasteiger partial charge in [0.05, 0.1) is 50.0 Å². The summed E-state index contributed by atoms with van der Waals surface area (Å²) in [6.07, 6.45) is 4.61. The van der Waals surface area contributed by atoms with Crippen LogP contribution in [0.1, 0.15) is 103 Å². The van der Waals surface area contributed by atoms with Crippen molar-refractivity contribution in [3.63, 3.8) is 0 Å². The number of halogens is 3. The number of hydrogen-bond acceptors (Lipinski definition) is 15. The Labute approximate surface area is 448 Å². The molecule has 3 aliphatic rings. The smallest absolute Gasteiger partial charge is 0.324 e. The number of carbonyl (C=O) groups is 3. The van der Waals surface area contributed by atoms with Crippen LogP contribution in [0, 0.1) is 24.0 Å². The molecular weight excluding hydrogens is 1020 g/mol. The fraction of sp³-hybridized carbons (Fsp3) is 0.500. The van der Waals surface area contributed by atoms with Crippen LogP contribution in [0.3, 0.4) is 0 Å². The van der Waals surface area contributed by atoms with Crippen LogP contribution in [0.25, 0.3) is 42.7 Å². The molecular formula is C54H66ClF2N11O5S2. The number of carbonyl (C=O) groups excluding carboxylic acids is 3. The number of aliphatic hydroxyl groups is 1. The SMILES string of the molecule is CC[C@@H](O)CN(C(=O)N[C@@H](C)c1ccc(-c2scnc2C)cc1)C(=O)[C@@H](NC(=O)CCCCN1CCC[C@H]1COc1nc(N2CC3CCC(C2)N3)c2cc(Cl)c(-c3ccc(F)c4sc(N)nc34)c(F)c2n1)C(C)(C)C. The van der Waals surface area contributed by atoms with Gasteiger partial charge in [-0.2, -0.15) is 9.97 Å². The van der Waals surface area contributed by atoms with Crippen molar-refractivity contribution in [3.8, 4) is 27.6 Å². The zero-order chi connectivity index (χ0) is 53.3. The average molecular weight is 1090 g/mol. The number of aryl methyl sites for hydroxylation is 1. The molecule has 0 spiro atoms. The molecule has 9 rings (SSSR count). The molecule has 2 bridgehead atoms. The van der Waals surface area contributed by atoms with Crippen molar-refractivity contribution in [2.75, 3.05) is 50.0 Å². The fourth-order valence-electron chi connectivity index (χ4n) is 10.5. The summed E-state index contributed by atoms with van der Waals surface area (Å²) in [7, 11) is 0. The number of aliphatic hydroxyl groups excluding tert-OH is 1. The van der Waals surface area contributed by atoms with E-state index in [9.17, 15) is 23.9 Å². The van der Waals surface area contributed by atoms with Crippen LogP contribution in [-0.4, -0.2) is 122 Å². The molecule has 4 amide bonds. The van der Waals surface area contributed by atoms with Gasteiger partial charge in [-0.05, 0) is 107 Å². The molecule has 3 aromatic heterocycles. The Balaban J connectivity index is 0.837. The number of nitrogens with two attached hydrogens (primary N) is 1. The first-order valence-electron chi connectivity index (χ1n) is 25.9. The molecule has 16 nitrogen and oxygen atoms in total. The maximum atomic E-state index is 17.1. The van der Waals surface area contributed by atoms with Gasteiger partial charge < -0.3 is 36.4 Å². The summed E-state index contributed by atoms with van der Waals surface area (Å²) in [6.45, 7) is 13.9. The van der Waals surface area contributed by atoms with Crippen LogP contribution < -0.4 is 31.3 Å².